The number of thioether (sulfide) groups is 1. The first kappa shape index (κ1) is 27.4. The van der Waals surface area contributed by atoms with Gasteiger partial charge in [0, 0.05) is 0 Å². The zero-order valence-corrected chi connectivity index (χ0v) is 24.1. The number of carbonyl (C=O) groups is 1. The number of hydrogen-bond acceptors (Lipinski definition) is 5. The summed E-state index contributed by atoms with van der Waals surface area (Å²) in [4.78, 5) is 20.8. The standard InChI is InChI=1S/C36H30N2O3S/c1-40-33-21-28(19-20-32(33)41-25-30-17-10-16-29-15-8-9-18-31(29)30)22-34-35(39)38(24-27-13-6-3-7-14-27)36(42-34)37-23-26-11-4-2-5-12-26/h2-22H,23-25H2,1H3/b34-22-,37-36?. The van der Waals surface area contributed by atoms with Crippen LogP contribution in [0.1, 0.15) is 22.3 Å². The number of rotatable bonds is 9. The van der Waals surface area contributed by atoms with Crippen LogP contribution in [0.5, 0.6) is 11.5 Å². The Hall–Kier alpha value is -4.81. The van der Waals surface area contributed by atoms with Crippen molar-refractivity contribution >= 4 is 39.7 Å². The molecule has 1 heterocycles. The number of fused-ring (bicyclic) bond motifs is 1. The summed E-state index contributed by atoms with van der Waals surface area (Å²) < 4.78 is 11.9. The molecule has 0 radical (unpaired) electrons. The Kier molecular flexibility index (Phi) is 8.33. The minimum atomic E-state index is -0.0640. The normalized spacial score (nSPS) is 15.1. The fourth-order valence-corrected chi connectivity index (χ4v) is 5.87. The second-order valence-electron chi connectivity index (χ2n) is 9.91. The molecular weight excluding hydrogens is 540 g/mol. The van der Waals surface area contributed by atoms with E-state index in [1.807, 2.05) is 103 Å². The first-order chi connectivity index (χ1) is 20.7. The summed E-state index contributed by atoms with van der Waals surface area (Å²) in [5, 5.41) is 3.04. The van der Waals surface area contributed by atoms with E-state index in [9.17, 15) is 4.79 Å². The number of carbonyl (C=O) groups excluding carboxylic acids is 1. The molecule has 0 bridgehead atoms. The fourth-order valence-electron chi connectivity index (χ4n) is 4.89. The van der Waals surface area contributed by atoms with Gasteiger partial charge in [-0.1, -0.05) is 109 Å². The Labute approximate surface area is 250 Å². The minimum absolute atomic E-state index is 0.0640. The molecule has 1 aliphatic heterocycles. The van der Waals surface area contributed by atoms with E-state index >= 15 is 0 Å². The number of amidine groups is 1. The third kappa shape index (κ3) is 6.24. The number of benzene rings is 5. The van der Waals surface area contributed by atoms with Gasteiger partial charge >= 0.3 is 0 Å². The van der Waals surface area contributed by atoms with Gasteiger partial charge in [-0.25, -0.2) is 0 Å². The maximum absolute atomic E-state index is 13.6. The largest absolute Gasteiger partial charge is 0.493 e. The first-order valence-electron chi connectivity index (χ1n) is 13.8. The lowest BCUT2D eigenvalue weighted by molar-refractivity contribution is -0.122. The molecule has 6 heteroatoms. The van der Waals surface area contributed by atoms with Crippen LogP contribution >= 0.6 is 11.8 Å². The lowest BCUT2D eigenvalue weighted by Gasteiger charge is -2.15. The van der Waals surface area contributed by atoms with Gasteiger partial charge in [-0.3, -0.25) is 14.7 Å². The van der Waals surface area contributed by atoms with Crippen LogP contribution in [-0.4, -0.2) is 23.1 Å². The van der Waals surface area contributed by atoms with Gasteiger partial charge in [-0.05, 0) is 63.0 Å². The highest BCUT2D eigenvalue weighted by molar-refractivity contribution is 8.18. The van der Waals surface area contributed by atoms with Crippen molar-refractivity contribution in [3.05, 3.63) is 148 Å². The molecule has 1 aliphatic rings. The molecule has 42 heavy (non-hydrogen) atoms. The molecule has 1 fully saturated rings. The lowest BCUT2D eigenvalue weighted by Crippen LogP contribution is -2.28. The lowest BCUT2D eigenvalue weighted by atomic mass is 10.1. The van der Waals surface area contributed by atoms with Crippen LogP contribution in [0.2, 0.25) is 0 Å². The highest BCUT2D eigenvalue weighted by atomic mass is 32.2. The van der Waals surface area contributed by atoms with Gasteiger partial charge in [0.2, 0.25) is 0 Å². The van der Waals surface area contributed by atoms with Crippen LogP contribution in [0.4, 0.5) is 0 Å². The summed E-state index contributed by atoms with van der Waals surface area (Å²) >= 11 is 1.40. The molecule has 5 aromatic carbocycles. The quantitative estimate of drug-likeness (QED) is 0.168. The minimum Gasteiger partial charge on any atom is -0.493 e. The average molecular weight is 571 g/mol. The molecule has 0 saturated carbocycles. The number of hydrogen-bond donors (Lipinski definition) is 0. The van der Waals surface area contributed by atoms with Crippen LogP contribution in [-0.2, 0) is 24.5 Å². The molecule has 0 atom stereocenters. The van der Waals surface area contributed by atoms with E-state index in [2.05, 4.69) is 24.3 Å². The number of nitrogens with zero attached hydrogens (tertiary/aromatic N) is 2. The van der Waals surface area contributed by atoms with Crippen LogP contribution in [0, 0.1) is 0 Å². The Morgan fingerprint density at radius 2 is 1.50 bits per heavy atom. The van der Waals surface area contributed by atoms with E-state index < -0.39 is 0 Å². The molecule has 0 aliphatic carbocycles. The molecule has 0 unspecified atom stereocenters. The van der Waals surface area contributed by atoms with Gasteiger partial charge in [0.15, 0.2) is 16.7 Å². The van der Waals surface area contributed by atoms with E-state index in [1.165, 1.54) is 22.5 Å². The first-order valence-corrected chi connectivity index (χ1v) is 14.6. The second-order valence-corrected chi connectivity index (χ2v) is 10.9. The Morgan fingerprint density at radius 3 is 2.29 bits per heavy atom. The maximum Gasteiger partial charge on any atom is 0.267 e. The third-order valence-corrected chi connectivity index (χ3v) is 8.10. The van der Waals surface area contributed by atoms with Crippen molar-refractivity contribution < 1.29 is 14.3 Å². The molecule has 0 spiro atoms. The molecule has 5 nitrogen and oxygen atoms in total. The summed E-state index contributed by atoms with van der Waals surface area (Å²) in [6, 6.07) is 40.3. The van der Waals surface area contributed by atoms with Crippen LogP contribution in [0.3, 0.4) is 0 Å². The Bertz CT molecular complexity index is 1760. The highest BCUT2D eigenvalue weighted by Crippen LogP contribution is 2.36. The van der Waals surface area contributed by atoms with Gasteiger partial charge in [0.25, 0.3) is 5.91 Å². The van der Waals surface area contributed by atoms with Crippen LogP contribution in [0.25, 0.3) is 16.8 Å². The predicted octanol–water partition coefficient (Wildman–Crippen LogP) is 8.10. The van der Waals surface area contributed by atoms with E-state index in [0.717, 1.165) is 22.3 Å². The third-order valence-electron chi connectivity index (χ3n) is 7.06. The van der Waals surface area contributed by atoms with Crippen LogP contribution < -0.4 is 9.47 Å². The van der Waals surface area contributed by atoms with E-state index in [4.69, 9.17) is 14.5 Å². The van der Waals surface area contributed by atoms with Gasteiger partial charge in [-0.15, -0.1) is 0 Å². The van der Waals surface area contributed by atoms with Gasteiger partial charge in [0.1, 0.15) is 6.61 Å². The second kappa shape index (κ2) is 12.8. The molecule has 0 aromatic heterocycles. The van der Waals surface area contributed by atoms with Gasteiger partial charge in [-0.2, -0.15) is 0 Å². The van der Waals surface area contributed by atoms with Crippen molar-refractivity contribution in [3.8, 4) is 11.5 Å². The molecule has 5 aromatic rings. The Morgan fingerprint density at radius 1 is 0.786 bits per heavy atom. The number of amides is 1. The van der Waals surface area contributed by atoms with Crippen molar-refractivity contribution in [1.82, 2.24) is 4.90 Å². The van der Waals surface area contributed by atoms with E-state index in [-0.39, 0.29) is 5.91 Å². The van der Waals surface area contributed by atoms with Crippen molar-refractivity contribution in [2.75, 3.05) is 7.11 Å². The maximum atomic E-state index is 13.6. The average Bonchev–Trinajstić information content (AvgIpc) is 3.33. The number of ether oxygens (including phenoxy) is 2. The zero-order chi connectivity index (χ0) is 28.7. The van der Waals surface area contributed by atoms with Gasteiger partial charge < -0.3 is 9.47 Å². The molecule has 208 valence electrons. The van der Waals surface area contributed by atoms with Gasteiger partial charge in [0.05, 0.1) is 25.1 Å². The van der Waals surface area contributed by atoms with Crippen molar-refractivity contribution in [2.24, 2.45) is 4.99 Å². The monoisotopic (exact) mass is 570 g/mol. The molecule has 0 N–H and O–H groups in total. The fraction of sp³-hybridized carbons (Fsp3) is 0.111. The SMILES string of the molecule is COc1cc(/C=C2\SC(=NCc3ccccc3)N(Cc3ccccc3)C2=O)ccc1OCc1cccc2ccccc12. The van der Waals surface area contributed by atoms with E-state index in [0.29, 0.717) is 41.3 Å². The van der Waals surface area contributed by atoms with E-state index in [1.54, 1.807) is 12.0 Å². The molecule has 6 rings (SSSR count). The molecule has 1 saturated heterocycles. The smallest absolute Gasteiger partial charge is 0.267 e. The molecular formula is C36H30N2O3S. The number of aliphatic imine (C=N–C) groups is 1. The summed E-state index contributed by atoms with van der Waals surface area (Å²) in [6.45, 7) is 1.38. The van der Waals surface area contributed by atoms with Crippen LogP contribution in [0.15, 0.2) is 131 Å². The predicted molar refractivity (Wildman–Crippen MR) is 171 cm³/mol. The zero-order valence-electron chi connectivity index (χ0n) is 23.3. The summed E-state index contributed by atoms with van der Waals surface area (Å²) in [6.07, 6.45) is 1.90. The summed E-state index contributed by atoms with van der Waals surface area (Å²) in [7, 11) is 1.63. The molecule has 1 amide bonds. The number of methoxy groups -OCH3 is 1. The highest BCUT2D eigenvalue weighted by Gasteiger charge is 2.33. The summed E-state index contributed by atoms with van der Waals surface area (Å²) in [5.74, 6) is 1.19. The van der Waals surface area contributed by atoms with Crippen molar-refractivity contribution in [3.63, 3.8) is 0 Å². The topological polar surface area (TPSA) is 51.1 Å². The van der Waals surface area contributed by atoms with Crippen molar-refractivity contribution in [2.45, 2.75) is 19.7 Å². The summed E-state index contributed by atoms with van der Waals surface area (Å²) in [5.41, 5.74) is 4.10. The Balaban J connectivity index is 1.23. The van der Waals surface area contributed by atoms with Crippen molar-refractivity contribution in [1.29, 1.82) is 0 Å².